The van der Waals surface area contributed by atoms with Crippen molar-refractivity contribution in [2.75, 3.05) is 13.1 Å². The molecule has 0 fully saturated rings. The van der Waals surface area contributed by atoms with Crippen LogP contribution in [0.1, 0.15) is 26.2 Å². The van der Waals surface area contributed by atoms with E-state index in [2.05, 4.69) is 29.7 Å². The molecule has 0 bridgehead atoms. The minimum atomic E-state index is 0.105. The second-order valence-electron chi connectivity index (χ2n) is 3.37. The highest BCUT2D eigenvalue weighted by molar-refractivity contribution is 5.77. The summed E-state index contributed by atoms with van der Waals surface area (Å²) in [5, 5.41) is 6.05. The van der Waals surface area contributed by atoms with Crippen LogP contribution in [-0.2, 0) is 4.79 Å². The van der Waals surface area contributed by atoms with Crippen LogP contribution >= 0.6 is 0 Å². The van der Waals surface area contributed by atoms with Crippen LogP contribution in [0.3, 0.4) is 0 Å². The lowest BCUT2D eigenvalue weighted by molar-refractivity contribution is -0.120. The molecular formula is C10H18N2O. The Morgan fingerprint density at radius 3 is 2.77 bits per heavy atom. The molecule has 0 aromatic heterocycles. The summed E-state index contributed by atoms with van der Waals surface area (Å²) in [6, 6.07) is 0.479. The summed E-state index contributed by atoms with van der Waals surface area (Å²) in [5.41, 5.74) is 0. The topological polar surface area (TPSA) is 41.1 Å². The maximum absolute atomic E-state index is 11.2. The van der Waals surface area contributed by atoms with Gasteiger partial charge >= 0.3 is 0 Å². The maximum Gasteiger partial charge on any atom is 0.233 e. The monoisotopic (exact) mass is 182 g/mol. The predicted molar refractivity (Wildman–Crippen MR) is 53.5 cm³/mol. The Morgan fingerprint density at radius 2 is 2.15 bits per heavy atom. The Kier molecular flexibility index (Phi) is 4.54. The van der Waals surface area contributed by atoms with Crippen LogP contribution in [0.15, 0.2) is 12.2 Å². The van der Waals surface area contributed by atoms with Crippen LogP contribution in [0.5, 0.6) is 0 Å². The van der Waals surface area contributed by atoms with Crippen LogP contribution in [0, 0.1) is 0 Å². The van der Waals surface area contributed by atoms with Gasteiger partial charge in [-0.2, -0.15) is 0 Å². The number of hydrogen-bond acceptors (Lipinski definition) is 2. The number of carbonyl (C=O) groups is 1. The van der Waals surface area contributed by atoms with E-state index < -0.39 is 0 Å². The number of carbonyl (C=O) groups excluding carboxylic acids is 1. The van der Waals surface area contributed by atoms with Gasteiger partial charge < -0.3 is 10.6 Å². The summed E-state index contributed by atoms with van der Waals surface area (Å²) in [7, 11) is 0. The quantitative estimate of drug-likeness (QED) is 0.618. The first kappa shape index (κ1) is 10.3. The number of amides is 1. The Balaban J connectivity index is 2.01. The van der Waals surface area contributed by atoms with Gasteiger partial charge in [-0.15, -0.1) is 0 Å². The third-order valence-corrected chi connectivity index (χ3v) is 2.13. The zero-order valence-electron chi connectivity index (χ0n) is 8.18. The molecule has 0 radical (unpaired) electrons. The highest BCUT2D eigenvalue weighted by Crippen LogP contribution is 2.08. The molecule has 0 atom stereocenters. The predicted octanol–water partition coefficient (Wildman–Crippen LogP) is 0.821. The van der Waals surface area contributed by atoms with E-state index in [0.717, 1.165) is 25.8 Å². The summed E-state index contributed by atoms with van der Waals surface area (Å²) in [6.45, 7) is 3.28. The second-order valence-corrected chi connectivity index (χ2v) is 3.37. The van der Waals surface area contributed by atoms with Gasteiger partial charge in [0, 0.05) is 12.6 Å². The Morgan fingerprint density at radius 1 is 1.46 bits per heavy atom. The van der Waals surface area contributed by atoms with E-state index in [1.54, 1.807) is 0 Å². The largest absolute Gasteiger partial charge is 0.355 e. The zero-order valence-corrected chi connectivity index (χ0v) is 8.18. The van der Waals surface area contributed by atoms with Gasteiger partial charge in [0.1, 0.15) is 0 Å². The van der Waals surface area contributed by atoms with E-state index in [4.69, 9.17) is 0 Å². The van der Waals surface area contributed by atoms with Gasteiger partial charge in [0.05, 0.1) is 6.54 Å². The third kappa shape index (κ3) is 4.08. The highest BCUT2D eigenvalue weighted by atomic mass is 16.1. The van der Waals surface area contributed by atoms with Crippen molar-refractivity contribution in [2.24, 2.45) is 0 Å². The zero-order chi connectivity index (χ0) is 9.52. The van der Waals surface area contributed by atoms with E-state index in [0.29, 0.717) is 12.6 Å². The molecule has 0 aliphatic heterocycles. The van der Waals surface area contributed by atoms with Crippen molar-refractivity contribution in [3.63, 3.8) is 0 Å². The van der Waals surface area contributed by atoms with Crippen molar-refractivity contribution in [3.8, 4) is 0 Å². The van der Waals surface area contributed by atoms with Crippen molar-refractivity contribution < 1.29 is 4.79 Å². The first-order valence-electron chi connectivity index (χ1n) is 4.98. The Labute approximate surface area is 79.6 Å². The summed E-state index contributed by atoms with van der Waals surface area (Å²) in [4.78, 5) is 11.2. The number of rotatable bonds is 5. The SMILES string of the molecule is CCCNC(=O)CNC1CC=CC1. The van der Waals surface area contributed by atoms with Crippen LogP contribution in [-0.4, -0.2) is 25.0 Å². The summed E-state index contributed by atoms with van der Waals surface area (Å²) in [6.07, 6.45) is 7.42. The maximum atomic E-state index is 11.2. The molecule has 3 nitrogen and oxygen atoms in total. The van der Waals surface area contributed by atoms with E-state index in [-0.39, 0.29) is 5.91 Å². The molecule has 1 rings (SSSR count). The summed E-state index contributed by atoms with van der Waals surface area (Å²) < 4.78 is 0. The van der Waals surface area contributed by atoms with E-state index in [1.807, 2.05) is 0 Å². The molecule has 3 heteroatoms. The molecule has 1 aliphatic rings. The van der Waals surface area contributed by atoms with Crippen LogP contribution in [0.25, 0.3) is 0 Å². The second kappa shape index (κ2) is 5.75. The molecule has 0 heterocycles. The molecule has 1 amide bonds. The summed E-state index contributed by atoms with van der Waals surface area (Å²) >= 11 is 0. The molecular weight excluding hydrogens is 164 g/mol. The molecule has 74 valence electrons. The molecule has 0 aromatic carbocycles. The van der Waals surface area contributed by atoms with E-state index in [9.17, 15) is 4.79 Å². The van der Waals surface area contributed by atoms with Crippen molar-refractivity contribution >= 4 is 5.91 Å². The molecule has 2 N–H and O–H groups in total. The third-order valence-electron chi connectivity index (χ3n) is 2.13. The molecule has 0 saturated carbocycles. The van der Waals surface area contributed by atoms with E-state index in [1.165, 1.54) is 0 Å². The molecule has 1 aliphatic carbocycles. The van der Waals surface area contributed by atoms with Gasteiger partial charge in [-0.25, -0.2) is 0 Å². The Bertz CT molecular complexity index is 181. The fraction of sp³-hybridized carbons (Fsp3) is 0.700. The van der Waals surface area contributed by atoms with Gasteiger partial charge in [-0.05, 0) is 19.3 Å². The molecule has 13 heavy (non-hydrogen) atoms. The van der Waals surface area contributed by atoms with Crippen molar-refractivity contribution in [2.45, 2.75) is 32.2 Å². The Hall–Kier alpha value is -0.830. The highest BCUT2D eigenvalue weighted by Gasteiger charge is 2.10. The normalized spacial score (nSPS) is 16.4. The van der Waals surface area contributed by atoms with Crippen LogP contribution in [0.2, 0.25) is 0 Å². The first-order valence-corrected chi connectivity index (χ1v) is 4.98. The fourth-order valence-electron chi connectivity index (χ4n) is 1.35. The van der Waals surface area contributed by atoms with Crippen LogP contribution < -0.4 is 10.6 Å². The summed E-state index contributed by atoms with van der Waals surface area (Å²) in [5.74, 6) is 0.105. The van der Waals surface area contributed by atoms with Crippen LogP contribution in [0.4, 0.5) is 0 Å². The number of nitrogens with one attached hydrogen (secondary N) is 2. The number of hydrogen-bond donors (Lipinski definition) is 2. The van der Waals surface area contributed by atoms with Gasteiger partial charge in [0.2, 0.25) is 5.91 Å². The molecule has 0 aromatic rings. The van der Waals surface area contributed by atoms with Crippen molar-refractivity contribution in [1.82, 2.24) is 10.6 Å². The van der Waals surface area contributed by atoms with Gasteiger partial charge in [0.15, 0.2) is 0 Å². The smallest absolute Gasteiger partial charge is 0.233 e. The van der Waals surface area contributed by atoms with E-state index >= 15 is 0 Å². The minimum absolute atomic E-state index is 0.105. The average Bonchev–Trinajstić information content (AvgIpc) is 2.64. The van der Waals surface area contributed by atoms with Crippen molar-refractivity contribution in [1.29, 1.82) is 0 Å². The lowest BCUT2D eigenvalue weighted by atomic mass is 10.2. The molecule has 0 spiro atoms. The van der Waals surface area contributed by atoms with Gasteiger partial charge in [0.25, 0.3) is 0 Å². The lowest BCUT2D eigenvalue weighted by Gasteiger charge is -2.11. The average molecular weight is 182 g/mol. The van der Waals surface area contributed by atoms with Gasteiger partial charge in [-0.1, -0.05) is 19.1 Å². The molecule has 0 saturated heterocycles. The minimum Gasteiger partial charge on any atom is -0.355 e. The van der Waals surface area contributed by atoms with Gasteiger partial charge in [-0.3, -0.25) is 4.79 Å². The molecule has 0 unspecified atom stereocenters. The lowest BCUT2D eigenvalue weighted by Crippen LogP contribution is -2.38. The standard InChI is InChI=1S/C10H18N2O/c1-2-7-11-10(13)8-12-9-5-3-4-6-9/h3-4,9,12H,2,5-8H2,1H3,(H,11,13). The fourth-order valence-corrected chi connectivity index (χ4v) is 1.35. The first-order chi connectivity index (χ1) is 6.33. The van der Waals surface area contributed by atoms with Crippen molar-refractivity contribution in [3.05, 3.63) is 12.2 Å².